The summed E-state index contributed by atoms with van der Waals surface area (Å²) < 4.78 is 198. The second kappa shape index (κ2) is 13.1. The minimum Gasteiger partial charge on any atom is -0.349 e. The molecular formula is C25H19ClF13NO3S. The Morgan fingerprint density at radius 2 is 1.52 bits per heavy atom. The van der Waals surface area contributed by atoms with Gasteiger partial charge in [-0.05, 0) is 36.8 Å². The Bertz CT molecular complexity index is 1500. The SMILES string of the molecule is C[C@H](CS(=O)(=O)CC(F)(F)F)NC(=O)c1ccc(/C(F)=C/C(c2ccc(C(F)(F)CF)c(Cl)c2)C(F)(F)F)cc1C(F)(F)F. The number of benzene rings is 2. The lowest BCUT2D eigenvalue weighted by Gasteiger charge is -2.21. The first kappa shape index (κ1) is 37.2. The fourth-order valence-corrected chi connectivity index (χ4v) is 5.66. The van der Waals surface area contributed by atoms with Crippen molar-refractivity contribution in [2.24, 2.45) is 0 Å². The first-order valence-electron chi connectivity index (χ1n) is 11.7. The number of allylic oxidation sites excluding steroid dienone is 1. The second-order valence-electron chi connectivity index (χ2n) is 9.41. The molecule has 1 N–H and O–H groups in total. The second-order valence-corrected chi connectivity index (χ2v) is 11.9. The number of sulfone groups is 1. The Balaban J connectivity index is 2.47. The Kier molecular flexibility index (Phi) is 11.1. The number of rotatable bonds is 10. The summed E-state index contributed by atoms with van der Waals surface area (Å²) in [5.74, 6) is -14.3. The molecule has 44 heavy (non-hydrogen) atoms. The molecule has 0 radical (unpaired) electrons. The standard InChI is InChI=1S/C25H19ClF13NO3S/c1-12(9-44(42,43)11-23(31,32)33)40-21(41)15-4-2-14(6-18(15)25(37,38)39)20(28)8-17(24(34,35)36)13-3-5-16(19(26)7-13)22(29,30)10-27/h2-8,12,17H,9-11H2,1H3,(H,40,41)/b20-8-/t12-,17?/m1/s1. The molecule has 19 heteroatoms. The maximum Gasteiger partial charge on any atom is 0.417 e. The van der Waals surface area contributed by atoms with Gasteiger partial charge in [0.05, 0.1) is 21.9 Å². The highest BCUT2D eigenvalue weighted by molar-refractivity contribution is 7.91. The van der Waals surface area contributed by atoms with Crippen molar-refractivity contribution in [2.45, 2.75) is 43.3 Å². The molecule has 0 spiro atoms. The molecule has 0 fully saturated rings. The first-order valence-corrected chi connectivity index (χ1v) is 13.9. The van der Waals surface area contributed by atoms with Crippen LogP contribution in [0.4, 0.5) is 57.1 Å². The quantitative estimate of drug-likeness (QED) is 0.255. The van der Waals surface area contributed by atoms with Crippen LogP contribution in [0.1, 0.15) is 45.5 Å². The Hall–Kier alpha value is -3.02. The van der Waals surface area contributed by atoms with Crippen LogP contribution in [0.2, 0.25) is 5.02 Å². The summed E-state index contributed by atoms with van der Waals surface area (Å²) in [6.45, 7) is -1.36. The number of nitrogens with one attached hydrogen (secondary N) is 1. The largest absolute Gasteiger partial charge is 0.417 e. The van der Waals surface area contributed by atoms with Crippen LogP contribution in [0.15, 0.2) is 42.5 Å². The molecule has 0 saturated carbocycles. The number of hydrogen-bond acceptors (Lipinski definition) is 3. The fraction of sp³-hybridized carbons (Fsp3) is 0.400. The van der Waals surface area contributed by atoms with Gasteiger partial charge in [-0.15, -0.1) is 0 Å². The average molecular weight is 696 g/mol. The van der Waals surface area contributed by atoms with Crippen LogP contribution in [0.5, 0.6) is 0 Å². The summed E-state index contributed by atoms with van der Waals surface area (Å²) in [6.07, 6.45) is -16.1. The molecule has 2 aromatic rings. The van der Waals surface area contributed by atoms with Gasteiger partial charge in [0.2, 0.25) is 0 Å². The minimum atomic E-state index is -5.44. The molecule has 0 bridgehead atoms. The Morgan fingerprint density at radius 3 is 2.00 bits per heavy atom. The number of amides is 1. The van der Waals surface area contributed by atoms with Crippen LogP contribution >= 0.6 is 11.6 Å². The maximum absolute atomic E-state index is 15.0. The van der Waals surface area contributed by atoms with Crippen molar-refractivity contribution in [3.8, 4) is 0 Å². The summed E-state index contributed by atoms with van der Waals surface area (Å²) in [5, 5.41) is 0.755. The van der Waals surface area contributed by atoms with Crippen LogP contribution in [-0.4, -0.2) is 50.9 Å². The van der Waals surface area contributed by atoms with Gasteiger partial charge in [0.15, 0.2) is 16.5 Å². The van der Waals surface area contributed by atoms with E-state index < -0.39 is 109 Å². The van der Waals surface area contributed by atoms with E-state index in [-0.39, 0.29) is 12.1 Å². The van der Waals surface area contributed by atoms with Gasteiger partial charge in [-0.3, -0.25) is 4.79 Å². The number of halogens is 14. The predicted molar refractivity (Wildman–Crippen MR) is 132 cm³/mol. The van der Waals surface area contributed by atoms with Crippen molar-refractivity contribution in [1.29, 1.82) is 0 Å². The van der Waals surface area contributed by atoms with Crippen molar-refractivity contribution in [3.05, 3.63) is 75.3 Å². The summed E-state index contributed by atoms with van der Waals surface area (Å²) in [5.41, 5.74) is -6.40. The molecule has 2 rings (SSSR count). The lowest BCUT2D eigenvalue weighted by atomic mass is 9.94. The zero-order valence-corrected chi connectivity index (χ0v) is 23.3. The predicted octanol–water partition coefficient (Wildman–Crippen LogP) is 8.17. The first-order chi connectivity index (χ1) is 19.8. The van der Waals surface area contributed by atoms with Crippen molar-refractivity contribution < 1.29 is 70.3 Å². The molecule has 1 amide bonds. The van der Waals surface area contributed by atoms with Crippen LogP contribution in [-0.2, 0) is 21.9 Å². The molecule has 2 atom stereocenters. The van der Waals surface area contributed by atoms with Crippen molar-refractivity contribution in [1.82, 2.24) is 5.32 Å². The van der Waals surface area contributed by atoms with Gasteiger partial charge in [0, 0.05) is 17.2 Å². The van der Waals surface area contributed by atoms with Crippen molar-refractivity contribution in [2.75, 3.05) is 18.2 Å². The van der Waals surface area contributed by atoms with Crippen LogP contribution in [0.3, 0.4) is 0 Å². The van der Waals surface area contributed by atoms with Gasteiger partial charge in [0.25, 0.3) is 5.91 Å². The molecule has 0 aliphatic heterocycles. The number of hydrogen-bond donors (Lipinski definition) is 1. The molecule has 246 valence electrons. The van der Waals surface area contributed by atoms with Gasteiger partial charge in [-0.25, -0.2) is 17.2 Å². The molecule has 0 aliphatic carbocycles. The summed E-state index contributed by atoms with van der Waals surface area (Å²) in [6, 6.07) is 0.286. The van der Waals surface area contributed by atoms with E-state index in [9.17, 15) is 70.3 Å². The lowest BCUT2D eigenvalue weighted by Crippen LogP contribution is -2.40. The van der Waals surface area contributed by atoms with Gasteiger partial charge in [-0.2, -0.15) is 48.3 Å². The van der Waals surface area contributed by atoms with E-state index in [4.69, 9.17) is 11.6 Å². The highest BCUT2D eigenvalue weighted by Gasteiger charge is 2.42. The van der Waals surface area contributed by atoms with Crippen LogP contribution in [0.25, 0.3) is 5.83 Å². The fourth-order valence-electron chi connectivity index (χ4n) is 3.87. The third-order valence-corrected chi connectivity index (χ3v) is 7.78. The van der Waals surface area contributed by atoms with Gasteiger partial charge in [-0.1, -0.05) is 29.8 Å². The zero-order valence-electron chi connectivity index (χ0n) is 21.7. The minimum absolute atomic E-state index is 0.0445. The average Bonchev–Trinajstić information content (AvgIpc) is 2.83. The van der Waals surface area contributed by atoms with E-state index >= 15 is 0 Å². The van der Waals surface area contributed by atoms with Crippen molar-refractivity contribution in [3.63, 3.8) is 0 Å². The Morgan fingerprint density at radius 1 is 0.932 bits per heavy atom. The van der Waals surface area contributed by atoms with Gasteiger partial charge < -0.3 is 5.32 Å². The number of alkyl halides is 12. The van der Waals surface area contributed by atoms with E-state index in [0.717, 1.165) is 6.92 Å². The highest BCUT2D eigenvalue weighted by atomic mass is 35.5. The summed E-state index contributed by atoms with van der Waals surface area (Å²) in [7, 11) is -4.86. The summed E-state index contributed by atoms with van der Waals surface area (Å²) in [4.78, 5) is 12.4. The zero-order chi connectivity index (χ0) is 34.1. The number of carbonyl (C=O) groups is 1. The molecule has 0 saturated heterocycles. The number of carbonyl (C=O) groups excluding carboxylic acids is 1. The van der Waals surface area contributed by atoms with Crippen LogP contribution < -0.4 is 5.32 Å². The molecule has 4 nitrogen and oxygen atoms in total. The lowest BCUT2D eigenvalue weighted by molar-refractivity contribution is -0.140. The van der Waals surface area contributed by atoms with Gasteiger partial charge >= 0.3 is 24.5 Å². The van der Waals surface area contributed by atoms with Crippen LogP contribution in [0, 0.1) is 0 Å². The van der Waals surface area contributed by atoms with Gasteiger partial charge in [0.1, 0.15) is 17.5 Å². The van der Waals surface area contributed by atoms with E-state index in [2.05, 4.69) is 0 Å². The van der Waals surface area contributed by atoms with E-state index in [1.165, 1.54) is 0 Å². The van der Waals surface area contributed by atoms with Crippen molar-refractivity contribution >= 4 is 33.2 Å². The molecule has 0 heterocycles. The summed E-state index contributed by atoms with van der Waals surface area (Å²) >= 11 is 5.58. The maximum atomic E-state index is 15.0. The van der Waals surface area contributed by atoms with E-state index in [0.29, 0.717) is 30.3 Å². The third-order valence-electron chi connectivity index (χ3n) is 5.69. The molecule has 2 aromatic carbocycles. The molecule has 0 aromatic heterocycles. The normalized spacial score (nSPS) is 15.2. The van der Waals surface area contributed by atoms with E-state index in [1.807, 2.05) is 0 Å². The topological polar surface area (TPSA) is 63.2 Å². The third kappa shape index (κ3) is 10.0. The highest BCUT2D eigenvalue weighted by Crippen LogP contribution is 2.42. The smallest absolute Gasteiger partial charge is 0.349 e. The Labute approximate surface area is 245 Å². The van der Waals surface area contributed by atoms with E-state index in [1.54, 1.807) is 5.32 Å². The monoisotopic (exact) mass is 695 g/mol. The molecular weight excluding hydrogens is 677 g/mol. The molecule has 0 aliphatic rings. The molecule has 1 unspecified atom stereocenters.